The summed E-state index contributed by atoms with van der Waals surface area (Å²) in [6, 6.07) is 3.93. The molecule has 0 atom stereocenters. The lowest BCUT2D eigenvalue weighted by Gasteiger charge is -2.33. The van der Waals surface area contributed by atoms with E-state index in [-0.39, 0.29) is 12.1 Å². The normalized spacial score (nSPS) is 22.2. The number of morpholine rings is 1. The van der Waals surface area contributed by atoms with E-state index < -0.39 is 10.0 Å². The van der Waals surface area contributed by atoms with E-state index in [0.717, 1.165) is 82.7 Å². The van der Waals surface area contributed by atoms with Crippen LogP contribution in [0.15, 0.2) is 30.7 Å². The second-order valence-corrected chi connectivity index (χ2v) is 13.1. The van der Waals surface area contributed by atoms with Gasteiger partial charge in [-0.3, -0.25) is 9.71 Å². The van der Waals surface area contributed by atoms with Crippen LogP contribution in [-0.4, -0.2) is 111 Å². The summed E-state index contributed by atoms with van der Waals surface area (Å²) < 4.78 is 38.2. The first-order valence-electron chi connectivity index (χ1n) is 14.6. The summed E-state index contributed by atoms with van der Waals surface area (Å²) in [7, 11) is -1.30. The molecule has 5 heterocycles. The van der Waals surface area contributed by atoms with E-state index in [4.69, 9.17) is 14.5 Å². The van der Waals surface area contributed by atoms with Crippen LogP contribution in [0.4, 0.5) is 23.1 Å². The minimum absolute atomic E-state index is 0.0225. The number of fused-ring (bicyclic) bond motifs is 1. The molecule has 0 radical (unpaired) electrons. The van der Waals surface area contributed by atoms with Gasteiger partial charge in [-0.15, -0.1) is 0 Å². The lowest BCUT2D eigenvalue weighted by Crippen LogP contribution is -2.44. The predicted octanol–water partition coefficient (Wildman–Crippen LogP) is 2.18. The van der Waals surface area contributed by atoms with Crippen molar-refractivity contribution < 1.29 is 17.9 Å². The summed E-state index contributed by atoms with van der Waals surface area (Å²) in [4.78, 5) is 25.4. The van der Waals surface area contributed by atoms with Crippen LogP contribution in [0.3, 0.4) is 0 Å². The third-order valence-electron chi connectivity index (χ3n) is 8.06. The maximum Gasteiger partial charge on any atom is 0.229 e. The zero-order chi connectivity index (χ0) is 29.1. The van der Waals surface area contributed by atoms with Gasteiger partial charge in [-0.2, -0.15) is 4.98 Å². The molecule has 0 amide bonds. The first-order chi connectivity index (χ1) is 20.3. The molecule has 3 aromatic heterocycles. The number of nitrogens with zero attached hydrogens (tertiary/aromatic N) is 7. The van der Waals surface area contributed by atoms with Crippen molar-refractivity contribution in [3.05, 3.63) is 30.7 Å². The largest absolute Gasteiger partial charge is 0.474 e. The van der Waals surface area contributed by atoms with Crippen molar-refractivity contribution in [1.29, 1.82) is 0 Å². The number of hydrogen-bond donors (Lipinski definition) is 2. The Labute approximate surface area is 246 Å². The highest BCUT2D eigenvalue weighted by atomic mass is 32.2. The zero-order valence-electron chi connectivity index (χ0n) is 24.2. The van der Waals surface area contributed by atoms with Gasteiger partial charge in [0.05, 0.1) is 60.3 Å². The molecule has 42 heavy (non-hydrogen) atoms. The Balaban J connectivity index is 1.12. The summed E-state index contributed by atoms with van der Waals surface area (Å²) in [5, 5.41) is 4.18. The molecule has 6 rings (SSSR count). The van der Waals surface area contributed by atoms with Crippen molar-refractivity contribution in [2.24, 2.45) is 0 Å². The molecule has 3 fully saturated rings. The van der Waals surface area contributed by atoms with Crippen LogP contribution in [-0.2, 0) is 14.8 Å². The smallest absolute Gasteiger partial charge is 0.229 e. The molecule has 1 saturated carbocycles. The van der Waals surface area contributed by atoms with E-state index >= 15 is 0 Å². The van der Waals surface area contributed by atoms with Gasteiger partial charge in [-0.25, -0.2) is 18.4 Å². The van der Waals surface area contributed by atoms with Gasteiger partial charge in [-0.05, 0) is 38.8 Å². The number of ether oxygens (including phenoxy) is 2. The van der Waals surface area contributed by atoms with E-state index in [2.05, 4.69) is 46.7 Å². The second kappa shape index (κ2) is 12.4. The highest BCUT2D eigenvalue weighted by Gasteiger charge is 2.25. The fourth-order valence-electron chi connectivity index (χ4n) is 5.68. The number of anilines is 4. The molecule has 1 aliphatic carbocycles. The van der Waals surface area contributed by atoms with Crippen LogP contribution in [0.5, 0.6) is 5.88 Å². The SMILES string of the molecule is CN1CCN(c2cnc(N[C@H]3CC[C@@H](Oc4nc(N5CCOCC5)cc5ncc(NS(C)(=O)=O)cc45)CC3)nc2)CC1. The van der Waals surface area contributed by atoms with E-state index in [1.807, 2.05) is 18.5 Å². The van der Waals surface area contributed by atoms with Gasteiger partial charge >= 0.3 is 0 Å². The van der Waals surface area contributed by atoms with Crippen molar-refractivity contribution in [1.82, 2.24) is 24.8 Å². The average molecular weight is 598 g/mol. The first-order valence-corrected chi connectivity index (χ1v) is 16.5. The van der Waals surface area contributed by atoms with Gasteiger partial charge in [0.1, 0.15) is 11.9 Å². The molecular weight excluding hydrogens is 558 g/mol. The summed E-state index contributed by atoms with van der Waals surface area (Å²) in [5.41, 5.74) is 2.14. The molecule has 0 aromatic carbocycles. The third kappa shape index (κ3) is 7.10. The molecule has 2 N–H and O–H groups in total. The number of hydrogen-bond acceptors (Lipinski definition) is 12. The predicted molar refractivity (Wildman–Crippen MR) is 163 cm³/mol. The van der Waals surface area contributed by atoms with Crippen molar-refractivity contribution in [2.45, 2.75) is 37.8 Å². The van der Waals surface area contributed by atoms with Crippen LogP contribution >= 0.6 is 0 Å². The summed E-state index contributed by atoms with van der Waals surface area (Å²) in [6.07, 6.45) is 9.95. The standard InChI is InChI=1S/C28H39N9O4S/c1-35-7-9-36(10-8-35)22-18-30-28(31-19-22)32-20-3-5-23(6-4-20)41-27-24-15-21(34-42(2,38)39)17-29-25(24)16-26(33-27)37-11-13-40-14-12-37/h15-20,23,34H,3-14H2,1-2H3,(H,30,31,32)/t20-,23+. The molecule has 226 valence electrons. The van der Waals surface area contributed by atoms with Gasteiger partial charge in [0.2, 0.25) is 21.9 Å². The first kappa shape index (κ1) is 28.6. The number of piperazine rings is 1. The highest BCUT2D eigenvalue weighted by molar-refractivity contribution is 7.92. The Bertz CT molecular complexity index is 1470. The van der Waals surface area contributed by atoms with Crippen LogP contribution in [0.1, 0.15) is 25.7 Å². The van der Waals surface area contributed by atoms with E-state index in [1.165, 1.54) is 6.20 Å². The van der Waals surface area contributed by atoms with Crippen molar-refractivity contribution in [3.63, 3.8) is 0 Å². The van der Waals surface area contributed by atoms with E-state index in [1.54, 1.807) is 6.07 Å². The topological polar surface area (TPSA) is 138 Å². The molecule has 3 aromatic rings. The van der Waals surface area contributed by atoms with Gasteiger partial charge in [0, 0.05) is 51.4 Å². The van der Waals surface area contributed by atoms with Crippen LogP contribution in [0.2, 0.25) is 0 Å². The summed E-state index contributed by atoms with van der Waals surface area (Å²) >= 11 is 0. The molecule has 0 bridgehead atoms. The lowest BCUT2D eigenvalue weighted by molar-refractivity contribution is 0.122. The Morgan fingerprint density at radius 2 is 1.62 bits per heavy atom. The summed E-state index contributed by atoms with van der Waals surface area (Å²) in [5.74, 6) is 1.91. The van der Waals surface area contributed by atoms with Crippen LogP contribution in [0, 0.1) is 0 Å². The Morgan fingerprint density at radius 1 is 0.905 bits per heavy atom. The zero-order valence-corrected chi connectivity index (χ0v) is 25.0. The van der Waals surface area contributed by atoms with E-state index in [0.29, 0.717) is 41.6 Å². The molecule has 0 spiro atoms. The maximum absolute atomic E-state index is 11.8. The van der Waals surface area contributed by atoms with Gasteiger partial charge in [0.25, 0.3) is 0 Å². The fourth-order valence-corrected chi connectivity index (χ4v) is 6.22. The minimum Gasteiger partial charge on any atom is -0.474 e. The number of sulfonamides is 1. The molecule has 13 nitrogen and oxygen atoms in total. The molecule has 2 aliphatic heterocycles. The van der Waals surface area contributed by atoms with Gasteiger partial charge in [-0.1, -0.05) is 0 Å². The quantitative estimate of drug-likeness (QED) is 0.394. The van der Waals surface area contributed by atoms with Crippen molar-refractivity contribution >= 4 is 44.1 Å². The fraction of sp³-hybridized carbons (Fsp3) is 0.571. The summed E-state index contributed by atoms with van der Waals surface area (Å²) in [6.45, 7) is 6.82. The van der Waals surface area contributed by atoms with Gasteiger partial charge in [0.15, 0.2) is 0 Å². The molecular formula is C28H39N9O4S. The molecule has 3 aliphatic rings. The number of pyridine rings is 2. The molecule has 2 saturated heterocycles. The second-order valence-electron chi connectivity index (χ2n) is 11.3. The maximum atomic E-state index is 11.8. The van der Waals surface area contributed by atoms with E-state index in [9.17, 15) is 8.42 Å². The monoisotopic (exact) mass is 597 g/mol. The Hall–Kier alpha value is -3.49. The Kier molecular flexibility index (Phi) is 8.45. The van der Waals surface area contributed by atoms with Crippen molar-refractivity contribution in [2.75, 3.05) is 85.6 Å². The number of nitrogens with one attached hydrogen (secondary N) is 2. The minimum atomic E-state index is -3.45. The highest BCUT2D eigenvalue weighted by Crippen LogP contribution is 2.33. The average Bonchev–Trinajstić information content (AvgIpc) is 2.99. The molecule has 0 unspecified atom stereocenters. The number of likely N-dealkylation sites (N-methyl/N-ethyl adjacent to an activating group) is 1. The number of aromatic nitrogens is 4. The van der Waals surface area contributed by atoms with Crippen LogP contribution in [0.25, 0.3) is 10.9 Å². The lowest BCUT2D eigenvalue weighted by atomic mass is 9.93. The van der Waals surface area contributed by atoms with Crippen LogP contribution < -0.4 is 24.6 Å². The van der Waals surface area contributed by atoms with Gasteiger partial charge < -0.3 is 29.5 Å². The Morgan fingerprint density at radius 3 is 2.31 bits per heavy atom. The molecule has 14 heteroatoms. The third-order valence-corrected chi connectivity index (χ3v) is 8.67. The number of rotatable bonds is 8. The van der Waals surface area contributed by atoms with Crippen molar-refractivity contribution in [3.8, 4) is 5.88 Å².